The van der Waals surface area contributed by atoms with Gasteiger partial charge in [0, 0.05) is 6.04 Å². The lowest BCUT2D eigenvalue weighted by Crippen LogP contribution is -2.29. The molecule has 2 N–H and O–H groups in total. The minimum absolute atomic E-state index is 0.0540. The van der Waals surface area contributed by atoms with E-state index < -0.39 is 0 Å². The molecule has 0 heterocycles. The van der Waals surface area contributed by atoms with E-state index in [2.05, 4.69) is 20.8 Å². The summed E-state index contributed by atoms with van der Waals surface area (Å²) in [5.41, 5.74) is 6.92. The lowest BCUT2D eigenvalue weighted by atomic mass is 9.82. The Bertz CT molecular complexity index is 453. The zero-order valence-electron chi connectivity index (χ0n) is 13.4. The highest BCUT2D eigenvalue weighted by atomic mass is 19.1. The van der Waals surface area contributed by atoms with Crippen LogP contribution in [0.25, 0.3) is 0 Å². The van der Waals surface area contributed by atoms with Crippen molar-refractivity contribution in [1.82, 2.24) is 0 Å². The first-order valence-corrected chi connectivity index (χ1v) is 8.19. The summed E-state index contributed by atoms with van der Waals surface area (Å²) in [5.74, 6) is 1.45. The third kappa shape index (κ3) is 4.44. The predicted molar refractivity (Wildman–Crippen MR) is 85.0 cm³/mol. The van der Waals surface area contributed by atoms with Crippen molar-refractivity contribution in [2.75, 3.05) is 0 Å². The molecule has 0 spiro atoms. The van der Waals surface area contributed by atoms with Crippen LogP contribution in [-0.4, -0.2) is 12.1 Å². The van der Waals surface area contributed by atoms with E-state index in [0.29, 0.717) is 24.0 Å². The van der Waals surface area contributed by atoms with E-state index in [9.17, 15) is 4.39 Å². The average Bonchev–Trinajstić information content (AvgIpc) is 2.41. The SMILES string of the molecule is CCC(N)Cc1cccc(F)c1OC1CC(C)CC(C)C1. The largest absolute Gasteiger partial charge is 0.487 e. The van der Waals surface area contributed by atoms with Crippen molar-refractivity contribution in [1.29, 1.82) is 0 Å². The summed E-state index contributed by atoms with van der Waals surface area (Å²) >= 11 is 0. The lowest BCUT2D eigenvalue weighted by Gasteiger charge is -2.32. The molecule has 118 valence electrons. The molecule has 1 aromatic rings. The first kappa shape index (κ1) is 16.3. The van der Waals surface area contributed by atoms with Crippen LogP contribution in [0.2, 0.25) is 0 Å². The Labute approximate surface area is 127 Å². The van der Waals surface area contributed by atoms with E-state index in [0.717, 1.165) is 24.8 Å². The average molecular weight is 293 g/mol. The van der Waals surface area contributed by atoms with Crippen LogP contribution in [0.3, 0.4) is 0 Å². The highest BCUT2D eigenvalue weighted by Gasteiger charge is 2.26. The minimum Gasteiger partial charge on any atom is -0.487 e. The molecule has 3 atom stereocenters. The molecule has 21 heavy (non-hydrogen) atoms. The molecule has 3 unspecified atom stereocenters. The standard InChI is InChI=1S/C18H28FNO/c1-4-15(20)11-14-6-5-7-17(19)18(14)21-16-9-12(2)8-13(3)10-16/h5-7,12-13,15-16H,4,8-11,20H2,1-3H3. The second-order valence-electron chi connectivity index (χ2n) is 6.76. The van der Waals surface area contributed by atoms with Gasteiger partial charge in [0.2, 0.25) is 0 Å². The molecule has 0 radical (unpaired) electrons. The lowest BCUT2D eigenvalue weighted by molar-refractivity contribution is 0.0959. The number of nitrogens with two attached hydrogens (primary N) is 1. The Balaban J connectivity index is 2.14. The second kappa shape index (κ2) is 7.26. The Morgan fingerprint density at radius 2 is 1.90 bits per heavy atom. The van der Waals surface area contributed by atoms with E-state index in [-0.39, 0.29) is 18.0 Å². The molecule has 2 nitrogen and oxygen atoms in total. The highest BCUT2D eigenvalue weighted by Crippen LogP contribution is 2.33. The zero-order valence-corrected chi connectivity index (χ0v) is 13.4. The van der Waals surface area contributed by atoms with Crippen LogP contribution in [0.15, 0.2) is 18.2 Å². The molecule has 1 aliphatic carbocycles. The summed E-state index contributed by atoms with van der Waals surface area (Å²) in [6.07, 6.45) is 4.94. The molecule has 2 rings (SSSR count). The molecule has 0 aromatic heterocycles. The van der Waals surface area contributed by atoms with Gasteiger partial charge in [-0.1, -0.05) is 32.9 Å². The number of para-hydroxylation sites is 1. The van der Waals surface area contributed by atoms with Crippen LogP contribution >= 0.6 is 0 Å². The first-order chi connectivity index (χ1) is 9.99. The van der Waals surface area contributed by atoms with Crippen LogP contribution in [0, 0.1) is 17.7 Å². The predicted octanol–water partition coefficient (Wildman–Crippen LogP) is 4.31. The van der Waals surface area contributed by atoms with Crippen LogP contribution in [0.1, 0.15) is 52.0 Å². The number of hydrogen-bond donors (Lipinski definition) is 1. The monoisotopic (exact) mass is 293 g/mol. The fourth-order valence-corrected chi connectivity index (χ4v) is 3.41. The van der Waals surface area contributed by atoms with E-state index in [4.69, 9.17) is 10.5 Å². The van der Waals surface area contributed by atoms with Gasteiger partial charge in [-0.15, -0.1) is 0 Å². The zero-order chi connectivity index (χ0) is 15.4. The van der Waals surface area contributed by atoms with E-state index in [1.807, 2.05) is 6.07 Å². The van der Waals surface area contributed by atoms with Crippen molar-refractivity contribution >= 4 is 0 Å². The van der Waals surface area contributed by atoms with Gasteiger partial charge in [0.25, 0.3) is 0 Å². The number of benzene rings is 1. The van der Waals surface area contributed by atoms with Gasteiger partial charge in [-0.05, 0) is 55.6 Å². The molecule has 3 heteroatoms. The second-order valence-corrected chi connectivity index (χ2v) is 6.76. The number of halogens is 1. The van der Waals surface area contributed by atoms with Crippen molar-refractivity contribution in [3.8, 4) is 5.75 Å². The Morgan fingerprint density at radius 1 is 1.24 bits per heavy atom. The maximum absolute atomic E-state index is 14.2. The molecule has 1 saturated carbocycles. The normalized spacial score (nSPS) is 27.4. The van der Waals surface area contributed by atoms with E-state index >= 15 is 0 Å². The van der Waals surface area contributed by atoms with E-state index in [1.165, 1.54) is 12.5 Å². The fourth-order valence-electron chi connectivity index (χ4n) is 3.41. The quantitative estimate of drug-likeness (QED) is 0.878. The summed E-state index contributed by atoms with van der Waals surface area (Å²) < 4.78 is 20.3. The van der Waals surface area contributed by atoms with Gasteiger partial charge < -0.3 is 10.5 Å². The van der Waals surface area contributed by atoms with Crippen molar-refractivity contribution in [2.45, 2.75) is 65.0 Å². The van der Waals surface area contributed by atoms with Crippen molar-refractivity contribution in [3.63, 3.8) is 0 Å². The molecule has 1 fully saturated rings. The van der Waals surface area contributed by atoms with Crippen molar-refractivity contribution in [2.24, 2.45) is 17.6 Å². The van der Waals surface area contributed by atoms with Gasteiger partial charge >= 0.3 is 0 Å². The number of hydrogen-bond acceptors (Lipinski definition) is 2. The summed E-state index contributed by atoms with van der Waals surface area (Å²) in [7, 11) is 0. The van der Waals surface area contributed by atoms with Gasteiger partial charge in [-0.25, -0.2) is 4.39 Å². The van der Waals surface area contributed by atoms with Gasteiger partial charge in [0.15, 0.2) is 11.6 Å². The Kier molecular flexibility index (Phi) is 5.63. The first-order valence-electron chi connectivity index (χ1n) is 8.19. The maximum Gasteiger partial charge on any atom is 0.165 e. The maximum atomic E-state index is 14.2. The third-order valence-electron chi connectivity index (χ3n) is 4.47. The molecular formula is C18H28FNO. The third-order valence-corrected chi connectivity index (χ3v) is 4.47. The van der Waals surface area contributed by atoms with Gasteiger partial charge in [-0.3, -0.25) is 0 Å². The van der Waals surface area contributed by atoms with Gasteiger partial charge in [0.05, 0.1) is 6.10 Å². The van der Waals surface area contributed by atoms with Crippen LogP contribution in [0.4, 0.5) is 4.39 Å². The number of rotatable bonds is 5. The van der Waals surface area contributed by atoms with Crippen LogP contribution < -0.4 is 10.5 Å². The molecule has 0 aliphatic heterocycles. The topological polar surface area (TPSA) is 35.2 Å². The highest BCUT2D eigenvalue weighted by molar-refractivity contribution is 5.36. The molecule has 1 aromatic carbocycles. The van der Waals surface area contributed by atoms with Crippen LogP contribution in [-0.2, 0) is 6.42 Å². The smallest absolute Gasteiger partial charge is 0.165 e. The van der Waals surface area contributed by atoms with Crippen LogP contribution in [0.5, 0.6) is 5.75 Å². The molecule has 0 bridgehead atoms. The summed E-state index contributed by atoms with van der Waals surface area (Å²) in [4.78, 5) is 0. The molecule has 1 aliphatic rings. The van der Waals surface area contributed by atoms with Gasteiger partial charge in [0.1, 0.15) is 0 Å². The summed E-state index contributed by atoms with van der Waals surface area (Å²) in [6, 6.07) is 5.21. The van der Waals surface area contributed by atoms with E-state index in [1.54, 1.807) is 6.07 Å². The molecule has 0 saturated heterocycles. The Hall–Kier alpha value is -1.09. The summed E-state index contributed by atoms with van der Waals surface area (Å²) in [5, 5.41) is 0. The number of ether oxygens (including phenoxy) is 1. The van der Waals surface area contributed by atoms with Crippen molar-refractivity contribution < 1.29 is 9.13 Å². The summed E-state index contributed by atoms with van der Waals surface area (Å²) in [6.45, 7) is 6.55. The Morgan fingerprint density at radius 3 is 2.52 bits per heavy atom. The fraction of sp³-hybridized carbons (Fsp3) is 0.667. The van der Waals surface area contributed by atoms with Crippen molar-refractivity contribution in [3.05, 3.63) is 29.6 Å². The minimum atomic E-state index is -0.262. The molecule has 0 amide bonds. The van der Waals surface area contributed by atoms with Gasteiger partial charge in [-0.2, -0.15) is 0 Å². The molecular weight excluding hydrogens is 265 g/mol.